The average molecular weight is 276 g/mol. The summed E-state index contributed by atoms with van der Waals surface area (Å²) in [4.78, 5) is 43.5. The van der Waals surface area contributed by atoms with Gasteiger partial charge in [0.2, 0.25) is 0 Å². The van der Waals surface area contributed by atoms with Gasteiger partial charge in [-0.05, 0) is 33.1 Å². The topological polar surface area (TPSA) is 149 Å². The van der Waals surface area contributed by atoms with Crippen LogP contribution in [-0.4, -0.2) is 44.3 Å². The summed E-state index contributed by atoms with van der Waals surface area (Å²) in [5.41, 5.74) is -4.12. The van der Waals surface area contributed by atoms with E-state index in [1.807, 2.05) is 0 Å². The molecule has 8 nitrogen and oxygen atoms in total. The minimum absolute atomic E-state index is 0.149. The second-order valence-electron chi connectivity index (χ2n) is 4.74. The lowest BCUT2D eigenvalue weighted by Gasteiger charge is -2.23. The Labute approximate surface area is 108 Å². The van der Waals surface area contributed by atoms with E-state index in [1.165, 1.54) is 0 Å². The normalized spacial score (nSPS) is 11.9. The van der Waals surface area contributed by atoms with E-state index in [9.17, 15) is 19.2 Å². The highest BCUT2D eigenvalue weighted by atomic mass is 16.4. The molecule has 4 N–H and O–H groups in total. The van der Waals surface area contributed by atoms with E-state index < -0.39 is 34.7 Å². The molecule has 8 heteroatoms. The number of carbonyl (C=O) groups is 4. The lowest BCUT2D eigenvalue weighted by molar-refractivity contribution is -0.164. The van der Waals surface area contributed by atoms with Crippen LogP contribution in [0.1, 0.15) is 33.1 Å². The zero-order chi connectivity index (χ0) is 15.4. The van der Waals surface area contributed by atoms with Crippen LogP contribution in [0.5, 0.6) is 0 Å². The van der Waals surface area contributed by atoms with Gasteiger partial charge < -0.3 is 20.4 Å². The van der Waals surface area contributed by atoms with E-state index in [1.54, 1.807) is 0 Å². The molecule has 19 heavy (non-hydrogen) atoms. The quantitative estimate of drug-likeness (QED) is 0.468. The maximum Gasteiger partial charge on any atom is 0.320 e. The molecule has 0 aliphatic heterocycles. The van der Waals surface area contributed by atoms with Gasteiger partial charge in [0.15, 0.2) is 10.8 Å². The number of aliphatic carboxylic acids is 4. The highest BCUT2D eigenvalue weighted by Crippen LogP contribution is 2.30. The monoisotopic (exact) mass is 276 g/mol. The van der Waals surface area contributed by atoms with Crippen LogP contribution in [0.25, 0.3) is 0 Å². The fourth-order valence-electron chi connectivity index (χ4n) is 1.41. The Kier molecular flexibility index (Phi) is 5.05. The van der Waals surface area contributed by atoms with Crippen LogP contribution in [0.2, 0.25) is 0 Å². The van der Waals surface area contributed by atoms with E-state index in [0.29, 0.717) is 0 Å². The first kappa shape index (κ1) is 16.9. The van der Waals surface area contributed by atoms with E-state index in [2.05, 4.69) is 0 Å². The zero-order valence-corrected chi connectivity index (χ0v) is 10.5. The Morgan fingerprint density at radius 3 is 1.05 bits per heavy atom. The van der Waals surface area contributed by atoms with E-state index in [4.69, 9.17) is 20.4 Å². The number of hydrogen-bond acceptors (Lipinski definition) is 4. The zero-order valence-electron chi connectivity index (χ0n) is 10.5. The Morgan fingerprint density at radius 1 is 0.684 bits per heavy atom. The molecule has 0 aliphatic rings. The summed E-state index contributed by atoms with van der Waals surface area (Å²) in [6, 6.07) is 0. The first-order chi connectivity index (χ1) is 8.48. The number of carboxylic acid groups (broad SMARTS) is 4. The van der Waals surface area contributed by atoms with Crippen LogP contribution in [0, 0.1) is 10.8 Å². The maximum atomic E-state index is 10.9. The fraction of sp³-hybridized carbons (Fsp3) is 0.636. The largest absolute Gasteiger partial charge is 0.480 e. The van der Waals surface area contributed by atoms with Crippen LogP contribution in [0.15, 0.2) is 0 Å². The fourth-order valence-corrected chi connectivity index (χ4v) is 1.41. The molecule has 0 rings (SSSR count). The molecule has 0 saturated carbocycles. The van der Waals surface area contributed by atoms with Crippen molar-refractivity contribution in [2.45, 2.75) is 33.1 Å². The van der Waals surface area contributed by atoms with Crippen LogP contribution in [0.3, 0.4) is 0 Å². The van der Waals surface area contributed by atoms with Gasteiger partial charge in [-0.25, -0.2) is 0 Å². The van der Waals surface area contributed by atoms with Crippen molar-refractivity contribution in [1.29, 1.82) is 0 Å². The Hall–Kier alpha value is -2.12. The lowest BCUT2D eigenvalue weighted by Crippen LogP contribution is -2.39. The number of rotatable bonds is 8. The van der Waals surface area contributed by atoms with Gasteiger partial charge in [0.05, 0.1) is 0 Å². The van der Waals surface area contributed by atoms with Crippen LogP contribution < -0.4 is 0 Å². The van der Waals surface area contributed by atoms with Crippen molar-refractivity contribution >= 4 is 23.9 Å². The molecule has 0 bridgehead atoms. The van der Waals surface area contributed by atoms with E-state index in [-0.39, 0.29) is 19.3 Å². The van der Waals surface area contributed by atoms with Gasteiger partial charge in [0.1, 0.15) is 0 Å². The van der Waals surface area contributed by atoms with Gasteiger partial charge in [-0.2, -0.15) is 0 Å². The third kappa shape index (κ3) is 3.43. The number of carboxylic acids is 4. The van der Waals surface area contributed by atoms with Crippen LogP contribution in [-0.2, 0) is 19.2 Å². The maximum absolute atomic E-state index is 10.9. The Morgan fingerprint density at radius 2 is 0.895 bits per heavy atom. The minimum atomic E-state index is -2.06. The molecule has 0 unspecified atom stereocenters. The molecule has 0 aromatic rings. The highest BCUT2D eigenvalue weighted by molar-refractivity contribution is 5.98. The smallest absolute Gasteiger partial charge is 0.320 e. The van der Waals surface area contributed by atoms with Crippen molar-refractivity contribution in [2.75, 3.05) is 0 Å². The molecule has 108 valence electrons. The van der Waals surface area contributed by atoms with Gasteiger partial charge in [-0.1, -0.05) is 0 Å². The van der Waals surface area contributed by atoms with Crippen molar-refractivity contribution < 1.29 is 39.6 Å². The van der Waals surface area contributed by atoms with Crippen LogP contribution >= 0.6 is 0 Å². The molecule has 0 fully saturated rings. The minimum Gasteiger partial charge on any atom is -0.480 e. The van der Waals surface area contributed by atoms with Gasteiger partial charge in [-0.3, -0.25) is 19.2 Å². The first-order valence-electron chi connectivity index (χ1n) is 5.42. The van der Waals surface area contributed by atoms with Crippen molar-refractivity contribution in [2.24, 2.45) is 10.8 Å². The molecule has 0 aromatic heterocycles. The summed E-state index contributed by atoms with van der Waals surface area (Å²) in [5.74, 6) is -6.19. The molecular formula is C11H16O8. The molecular weight excluding hydrogens is 260 g/mol. The molecule has 0 spiro atoms. The average Bonchev–Trinajstić information content (AvgIpc) is 2.27. The van der Waals surface area contributed by atoms with Gasteiger partial charge in [-0.15, -0.1) is 0 Å². The molecule has 0 amide bonds. The Balaban J connectivity index is 4.84. The predicted molar refractivity (Wildman–Crippen MR) is 60.6 cm³/mol. The molecule has 0 aliphatic carbocycles. The lowest BCUT2D eigenvalue weighted by atomic mass is 9.79. The SMILES string of the molecule is CC(CCCC(C)(C(=O)O)C(=O)O)(C(=O)O)C(=O)O. The van der Waals surface area contributed by atoms with Crippen molar-refractivity contribution in [3.63, 3.8) is 0 Å². The standard InChI is InChI=1S/C11H16O8/c1-10(6(12)13,7(14)15)4-3-5-11(2,8(16)17)9(18)19/h3-5H2,1-2H3,(H,12,13)(H,14,15)(H,16,17)(H,18,19). The van der Waals surface area contributed by atoms with Crippen molar-refractivity contribution in [3.8, 4) is 0 Å². The van der Waals surface area contributed by atoms with Gasteiger partial charge in [0.25, 0.3) is 0 Å². The molecule has 0 heterocycles. The molecule has 0 aromatic carbocycles. The van der Waals surface area contributed by atoms with E-state index >= 15 is 0 Å². The summed E-state index contributed by atoms with van der Waals surface area (Å²) in [7, 11) is 0. The van der Waals surface area contributed by atoms with Gasteiger partial charge in [0, 0.05) is 0 Å². The van der Waals surface area contributed by atoms with Crippen molar-refractivity contribution in [3.05, 3.63) is 0 Å². The highest BCUT2D eigenvalue weighted by Gasteiger charge is 2.44. The summed E-state index contributed by atoms with van der Waals surface area (Å²) < 4.78 is 0. The predicted octanol–water partition coefficient (Wildman–Crippen LogP) is 0.508. The summed E-state index contributed by atoms with van der Waals surface area (Å²) in [6.45, 7) is 1.99. The van der Waals surface area contributed by atoms with Gasteiger partial charge >= 0.3 is 23.9 Å². The van der Waals surface area contributed by atoms with Crippen molar-refractivity contribution in [1.82, 2.24) is 0 Å². The van der Waals surface area contributed by atoms with Crippen LogP contribution in [0.4, 0.5) is 0 Å². The van der Waals surface area contributed by atoms with E-state index in [0.717, 1.165) is 13.8 Å². The Bertz CT molecular complexity index is 345. The second-order valence-corrected chi connectivity index (χ2v) is 4.74. The summed E-state index contributed by atoms with van der Waals surface area (Å²) in [6.07, 6.45) is -0.855. The third-order valence-corrected chi connectivity index (χ3v) is 3.24. The molecule has 0 saturated heterocycles. The summed E-state index contributed by atoms with van der Waals surface area (Å²) >= 11 is 0. The first-order valence-corrected chi connectivity index (χ1v) is 5.42. The summed E-state index contributed by atoms with van der Waals surface area (Å²) in [5, 5.41) is 35.3. The second kappa shape index (κ2) is 5.68. The molecule has 0 radical (unpaired) electrons. The third-order valence-electron chi connectivity index (χ3n) is 3.24. The molecule has 0 atom stereocenters. The number of hydrogen-bond donors (Lipinski definition) is 4.